The summed E-state index contributed by atoms with van der Waals surface area (Å²) in [4.78, 5) is 17.9. The third-order valence-electron chi connectivity index (χ3n) is 2.72. The van der Waals surface area contributed by atoms with Gasteiger partial charge in [0.1, 0.15) is 5.82 Å². The second-order valence-corrected chi connectivity index (χ2v) is 4.93. The van der Waals surface area contributed by atoms with Gasteiger partial charge in [0, 0.05) is 26.0 Å². The molecule has 1 aliphatic heterocycles. The third kappa shape index (κ3) is 2.22. The molecule has 1 fully saturated rings. The van der Waals surface area contributed by atoms with Crippen molar-refractivity contribution in [2.24, 2.45) is 7.05 Å². The quantitative estimate of drug-likeness (QED) is 0.761. The first-order valence-electron chi connectivity index (χ1n) is 5.07. The van der Waals surface area contributed by atoms with Crippen LogP contribution in [0, 0.1) is 0 Å². The van der Waals surface area contributed by atoms with E-state index in [4.69, 9.17) is 0 Å². The molecule has 82 valence electrons. The second-order valence-electron chi connectivity index (χ2n) is 3.82. The van der Waals surface area contributed by atoms with Crippen molar-refractivity contribution in [3.8, 4) is 0 Å². The van der Waals surface area contributed by atoms with Gasteiger partial charge >= 0.3 is 0 Å². The van der Waals surface area contributed by atoms with E-state index in [1.165, 1.54) is 0 Å². The van der Waals surface area contributed by atoms with Gasteiger partial charge in [-0.2, -0.15) is 0 Å². The van der Waals surface area contributed by atoms with Gasteiger partial charge in [0.2, 0.25) is 5.91 Å². The number of aromatic nitrogens is 2. The highest BCUT2D eigenvalue weighted by molar-refractivity contribution is 9.10. The van der Waals surface area contributed by atoms with Gasteiger partial charge in [0.05, 0.1) is 11.4 Å². The predicted octanol–water partition coefficient (Wildman–Crippen LogP) is 1.31. The number of carbonyl (C=O) groups is 1. The number of rotatable bonds is 2. The number of hydrogen-bond donors (Lipinski definition) is 0. The molecule has 0 saturated carbocycles. The van der Waals surface area contributed by atoms with Gasteiger partial charge in [-0.3, -0.25) is 4.79 Å². The van der Waals surface area contributed by atoms with Crippen LogP contribution in [0.1, 0.15) is 18.7 Å². The van der Waals surface area contributed by atoms with Crippen LogP contribution >= 0.6 is 15.9 Å². The minimum absolute atomic E-state index is 0.00785. The lowest BCUT2D eigenvalue weighted by atomic mass is 10.1. The Morgan fingerprint density at radius 2 is 2.47 bits per heavy atom. The van der Waals surface area contributed by atoms with Crippen LogP contribution in [0.25, 0.3) is 0 Å². The number of alkyl halides is 1. The van der Waals surface area contributed by atoms with E-state index < -0.39 is 0 Å². The van der Waals surface area contributed by atoms with E-state index in [1.807, 2.05) is 22.7 Å². The predicted molar refractivity (Wildman–Crippen MR) is 60.6 cm³/mol. The number of imidazole rings is 1. The largest absolute Gasteiger partial charge is 0.337 e. The first kappa shape index (κ1) is 10.7. The summed E-state index contributed by atoms with van der Waals surface area (Å²) in [5.41, 5.74) is 0. The van der Waals surface area contributed by atoms with Gasteiger partial charge in [0.15, 0.2) is 0 Å². The molecule has 1 amide bonds. The Morgan fingerprint density at radius 1 is 1.67 bits per heavy atom. The minimum atomic E-state index is -0.00785. The maximum absolute atomic E-state index is 11.8. The molecule has 0 aliphatic carbocycles. The van der Waals surface area contributed by atoms with Gasteiger partial charge < -0.3 is 9.47 Å². The zero-order valence-corrected chi connectivity index (χ0v) is 10.3. The molecule has 0 N–H and O–H groups in total. The number of amides is 1. The van der Waals surface area contributed by atoms with Crippen LogP contribution in [-0.2, 0) is 18.4 Å². The molecule has 1 atom stereocenters. The molecule has 1 aromatic rings. The van der Waals surface area contributed by atoms with Crippen LogP contribution in [0.15, 0.2) is 12.4 Å². The summed E-state index contributed by atoms with van der Waals surface area (Å²) < 4.78 is 1.95. The fraction of sp³-hybridized carbons (Fsp3) is 0.600. The highest BCUT2D eigenvalue weighted by Crippen LogP contribution is 2.19. The van der Waals surface area contributed by atoms with Gasteiger partial charge in [-0.05, 0) is 12.8 Å². The molecule has 0 spiro atoms. The van der Waals surface area contributed by atoms with Gasteiger partial charge in [-0.1, -0.05) is 15.9 Å². The van der Waals surface area contributed by atoms with E-state index in [9.17, 15) is 4.79 Å². The first-order chi connectivity index (χ1) is 7.18. The van der Waals surface area contributed by atoms with E-state index in [0.29, 0.717) is 6.54 Å². The van der Waals surface area contributed by atoms with E-state index in [2.05, 4.69) is 20.9 Å². The number of halogens is 1. The maximum atomic E-state index is 11.8. The molecule has 5 heteroatoms. The first-order valence-corrected chi connectivity index (χ1v) is 5.99. The number of aryl methyl sites for hydroxylation is 1. The molecule has 0 bridgehead atoms. The summed E-state index contributed by atoms with van der Waals surface area (Å²) in [6, 6.07) is 0. The number of carbonyl (C=O) groups excluding carboxylic acids is 1. The van der Waals surface area contributed by atoms with Gasteiger partial charge in [-0.15, -0.1) is 0 Å². The van der Waals surface area contributed by atoms with E-state index in [0.717, 1.165) is 25.2 Å². The fourth-order valence-electron chi connectivity index (χ4n) is 1.77. The standard InChI is InChI=1S/C10H14BrN3O/c1-13-6-4-12-9(13)7-14-5-2-3-8(11)10(14)15/h4,6,8H,2-3,5,7H2,1H3. The molecule has 1 saturated heterocycles. The van der Waals surface area contributed by atoms with Crippen LogP contribution in [0.3, 0.4) is 0 Å². The molecular weight excluding hydrogens is 258 g/mol. The molecular formula is C10H14BrN3O. The zero-order valence-electron chi connectivity index (χ0n) is 8.69. The van der Waals surface area contributed by atoms with Crippen LogP contribution < -0.4 is 0 Å². The lowest BCUT2D eigenvalue weighted by molar-refractivity contribution is -0.133. The highest BCUT2D eigenvalue weighted by Gasteiger charge is 2.26. The summed E-state index contributed by atoms with van der Waals surface area (Å²) in [6.45, 7) is 1.46. The molecule has 4 nitrogen and oxygen atoms in total. The van der Waals surface area contributed by atoms with Crippen molar-refractivity contribution >= 4 is 21.8 Å². The molecule has 2 rings (SSSR count). The van der Waals surface area contributed by atoms with Crippen molar-refractivity contribution in [3.63, 3.8) is 0 Å². The van der Waals surface area contributed by atoms with Crippen LogP contribution in [0.2, 0.25) is 0 Å². The van der Waals surface area contributed by atoms with Crippen molar-refractivity contribution < 1.29 is 4.79 Å². The van der Waals surface area contributed by atoms with E-state index >= 15 is 0 Å². The number of piperidine rings is 1. The van der Waals surface area contributed by atoms with Gasteiger partial charge in [0.25, 0.3) is 0 Å². The molecule has 1 aromatic heterocycles. The Balaban J connectivity index is 2.05. The van der Waals surface area contributed by atoms with Gasteiger partial charge in [-0.25, -0.2) is 4.98 Å². The topological polar surface area (TPSA) is 38.1 Å². The van der Waals surface area contributed by atoms with Crippen molar-refractivity contribution in [1.29, 1.82) is 0 Å². The Bertz CT molecular complexity index is 363. The minimum Gasteiger partial charge on any atom is -0.337 e. The average Bonchev–Trinajstić information content (AvgIpc) is 2.60. The van der Waals surface area contributed by atoms with E-state index in [1.54, 1.807) is 6.20 Å². The summed E-state index contributed by atoms with van der Waals surface area (Å²) >= 11 is 3.40. The van der Waals surface area contributed by atoms with E-state index in [-0.39, 0.29) is 10.7 Å². The Morgan fingerprint density at radius 3 is 3.13 bits per heavy atom. The molecule has 1 aliphatic rings. The van der Waals surface area contributed by atoms with Crippen molar-refractivity contribution in [3.05, 3.63) is 18.2 Å². The summed E-state index contributed by atoms with van der Waals surface area (Å²) in [6.07, 6.45) is 5.66. The number of hydrogen-bond acceptors (Lipinski definition) is 2. The molecule has 0 aromatic carbocycles. The molecule has 2 heterocycles. The molecule has 0 radical (unpaired) electrons. The van der Waals surface area contributed by atoms with Crippen LogP contribution in [0.5, 0.6) is 0 Å². The molecule has 1 unspecified atom stereocenters. The van der Waals surface area contributed by atoms with Crippen molar-refractivity contribution in [2.75, 3.05) is 6.54 Å². The fourth-order valence-corrected chi connectivity index (χ4v) is 2.38. The maximum Gasteiger partial charge on any atom is 0.236 e. The SMILES string of the molecule is Cn1ccnc1CN1CCCC(Br)C1=O. The third-order valence-corrected chi connectivity index (χ3v) is 3.57. The highest BCUT2D eigenvalue weighted by atomic mass is 79.9. The summed E-state index contributed by atoms with van der Waals surface area (Å²) in [5.74, 6) is 1.12. The van der Waals surface area contributed by atoms with Crippen LogP contribution in [0.4, 0.5) is 0 Å². The zero-order chi connectivity index (χ0) is 10.8. The van der Waals surface area contributed by atoms with Crippen molar-refractivity contribution in [2.45, 2.75) is 24.2 Å². The lowest BCUT2D eigenvalue weighted by Crippen LogP contribution is -2.41. The average molecular weight is 272 g/mol. The number of likely N-dealkylation sites (tertiary alicyclic amines) is 1. The Labute approximate surface area is 97.4 Å². The smallest absolute Gasteiger partial charge is 0.236 e. The monoisotopic (exact) mass is 271 g/mol. The summed E-state index contributed by atoms with van der Waals surface area (Å²) in [7, 11) is 1.95. The normalized spacial score (nSPS) is 22.1. The second kappa shape index (κ2) is 4.35. The van der Waals surface area contributed by atoms with Crippen molar-refractivity contribution in [1.82, 2.24) is 14.5 Å². The molecule has 15 heavy (non-hydrogen) atoms. The Hall–Kier alpha value is -0.840. The summed E-state index contributed by atoms with van der Waals surface area (Å²) in [5, 5.41) is 0. The lowest BCUT2D eigenvalue weighted by Gasteiger charge is -2.29. The Kier molecular flexibility index (Phi) is 3.09. The number of nitrogens with zero attached hydrogens (tertiary/aromatic N) is 3. The van der Waals surface area contributed by atoms with Crippen LogP contribution in [-0.4, -0.2) is 31.7 Å².